The smallest absolute Gasteiger partial charge is 0.0630 e. The molecule has 0 saturated carbocycles. The van der Waals surface area contributed by atoms with Crippen LogP contribution < -0.4 is 0 Å². The molecular formula is C24H50O. The Morgan fingerprint density at radius 3 is 1.20 bits per heavy atom. The molecule has 0 aromatic heterocycles. The summed E-state index contributed by atoms with van der Waals surface area (Å²) in [5.41, 5.74) is 0.571. The van der Waals surface area contributed by atoms with Crippen LogP contribution in [-0.4, -0.2) is 12.2 Å². The Hall–Kier alpha value is -0.0400. The lowest BCUT2D eigenvalue weighted by molar-refractivity contribution is -0.125. The highest BCUT2D eigenvalue weighted by molar-refractivity contribution is 4.85. The molecule has 2 unspecified atom stereocenters. The average Bonchev–Trinajstić information content (AvgIpc) is 2.52. The van der Waals surface area contributed by atoms with Gasteiger partial charge in [-0.3, -0.25) is 0 Å². The van der Waals surface area contributed by atoms with Gasteiger partial charge in [-0.05, 0) is 36.5 Å². The number of hydrogen-bond donors (Lipinski definition) is 0. The minimum absolute atomic E-state index is 0.286. The molecule has 152 valence electrons. The van der Waals surface area contributed by atoms with Gasteiger partial charge in [-0.2, -0.15) is 0 Å². The zero-order valence-corrected chi connectivity index (χ0v) is 19.0. The van der Waals surface area contributed by atoms with E-state index in [0.717, 1.165) is 0 Å². The topological polar surface area (TPSA) is 9.23 Å². The maximum absolute atomic E-state index is 6.98. The van der Waals surface area contributed by atoms with Gasteiger partial charge in [-0.25, -0.2) is 0 Å². The summed E-state index contributed by atoms with van der Waals surface area (Å²) >= 11 is 0. The van der Waals surface area contributed by atoms with Crippen molar-refractivity contribution in [2.45, 2.75) is 145 Å². The van der Waals surface area contributed by atoms with E-state index >= 15 is 0 Å². The van der Waals surface area contributed by atoms with Crippen LogP contribution in [-0.2, 0) is 4.74 Å². The first-order valence-corrected chi connectivity index (χ1v) is 11.4. The normalized spacial score (nSPS) is 15.4. The lowest BCUT2D eigenvalue weighted by Gasteiger charge is -2.42. The molecule has 0 amide bonds. The second-order valence-electron chi connectivity index (χ2n) is 9.58. The van der Waals surface area contributed by atoms with Crippen molar-refractivity contribution in [1.82, 2.24) is 0 Å². The molecule has 0 aliphatic carbocycles. The Kier molecular flexibility index (Phi) is 13.2. The molecule has 0 aliphatic rings. The largest absolute Gasteiger partial charge is 0.374 e. The van der Waals surface area contributed by atoms with E-state index < -0.39 is 0 Å². The number of unbranched alkanes of at least 4 members (excludes halogenated alkanes) is 4. The second kappa shape index (κ2) is 13.2. The van der Waals surface area contributed by atoms with E-state index in [1.165, 1.54) is 77.0 Å². The van der Waals surface area contributed by atoms with Gasteiger partial charge in [0.15, 0.2) is 0 Å². The van der Waals surface area contributed by atoms with Crippen LogP contribution in [0.4, 0.5) is 0 Å². The van der Waals surface area contributed by atoms with Gasteiger partial charge >= 0.3 is 0 Å². The Balaban J connectivity index is 5.18. The molecule has 0 rings (SSSR count). The van der Waals surface area contributed by atoms with Gasteiger partial charge in [0, 0.05) is 0 Å². The minimum atomic E-state index is 0.286. The van der Waals surface area contributed by atoms with Crippen molar-refractivity contribution in [3.8, 4) is 0 Å². The fourth-order valence-electron chi connectivity index (χ4n) is 4.25. The highest BCUT2D eigenvalue weighted by atomic mass is 16.5. The van der Waals surface area contributed by atoms with Crippen LogP contribution in [0.3, 0.4) is 0 Å². The number of hydrogen-bond acceptors (Lipinski definition) is 1. The van der Waals surface area contributed by atoms with Crippen LogP contribution in [0.5, 0.6) is 0 Å². The predicted molar refractivity (Wildman–Crippen MR) is 114 cm³/mol. The Morgan fingerprint density at radius 1 is 0.560 bits per heavy atom. The molecule has 0 fully saturated rings. The fourth-order valence-corrected chi connectivity index (χ4v) is 4.25. The second-order valence-corrected chi connectivity index (χ2v) is 9.58. The Bertz CT molecular complexity index is 275. The molecule has 0 radical (unpaired) electrons. The SMILES string of the molecule is CCCCCC(OC(CCCCC)C(C)(C)CCC)C(C)(C)CCC. The number of ether oxygens (including phenoxy) is 1. The predicted octanol–water partition coefficient (Wildman–Crippen LogP) is 8.55. The standard InChI is InChI=1S/C24H50O/c1-9-13-15-17-21(23(5,6)19-11-3)25-22(18-16-14-10-2)24(7,8)20-12-4/h21-22H,9-20H2,1-8H3. The van der Waals surface area contributed by atoms with Crippen molar-refractivity contribution >= 4 is 0 Å². The molecule has 0 N–H and O–H groups in total. The van der Waals surface area contributed by atoms with E-state index in [1.54, 1.807) is 0 Å². The molecule has 0 aliphatic heterocycles. The van der Waals surface area contributed by atoms with E-state index in [9.17, 15) is 0 Å². The molecule has 2 atom stereocenters. The first-order chi connectivity index (χ1) is 11.7. The van der Waals surface area contributed by atoms with Crippen molar-refractivity contribution in [3.05, 3.63) is 0 Å². The lowest BCUT2D eigenvalue weighted by atomic mass is 9.77. The van der Waals surface area contributed by atoms with Gasteiger partial charge in [0.05, 0.1) is 12.2 Å². The van der Waals surface area contributed by atoms with E-state index in [4.69, 9.17) is 4.74 Å². The van der Waals surface area contributed by atoms with Gasteiger partial charge < -0.3 is 4.74 Å². The van der Waals surface area contributed by atoms with E-state index in [2.05, 4.69) is 55.4 Å². The van der Waals surface area contributed by atoms with Crippen LogP contribution in [0, 0.1) is 10.8 Å². The molecule has 0 heterocycles. The van der Waals surface area contributed by atoms with E-state index in [-0.39, 0.29) is 10.8 Å². The zero-order valence-electron chi connectivity index (χ0n) is 19.0. The quantitative estimate of drug-likeness (QED) is 0.252. The Labute approximate surface area is 160 Å². The molecule has 0 bridgehead atoms. The molecule has 1 nitrogen and oxygen atoms in total. The molecule has 0 aromatic carbocycles. The van der Waals surface area contributed by atoms with Crippen molar-refractivity contribution in [2.75, 3.05) is 0 Å². The first kappa shape index (κ1) is 25.0. The van der Waals surface area contributed by atoms with Crippen LogP contribution >= 0.6 is 0 Å². The van der Waals surface area contributed by atoms with E-state index in [1.807, 2.05) is 0 Å². The van der Waals surface area contributed by atoms with Crippen LogP contribution in [0.1, 0.15) is 132 Å². The zero-order chi connectivity index (χ0) is 19.3. The molecular weight excluding hydrogens is 304 g/mol. The monoisotopic (exact) mass is 354 g/mol. The summed E-state index contributed by atoms with van der Waals surface area (Å²) in [4.78, 5) is 0. The maximum atomic E-state index is 6.98. The van der Waals surface area contributed by atoms with Gasteiger partial charge in [0.2, 0.25) is 0 Å². The summed E-state index contributed by atoms with van der Waals surface area (Å²) in [5, 5.41) is 0. The Morgan fingerprint density at radius 2 is 0.920 bits per heavy atom. The van der Waals surface area contributed by atoms with Crippen molar-refractivity contribution in [3.63, 3.8) is 0 Å². The molecule has 1 heteroatoms. The van der Waals surface area contributed by atoms with Crippen LogP contribution in [0.25, 0.3) is 0 Å². The summed E-state index contributed by atoms with van der Waals surface area (Å²) < 4.78 is 6.98. The van der Waals surface area contributed by atoms with Gasteiger partial charge in [-0.1, -0.05) is 107 Å². The summed E-state index contributed by atoms with van der Waals surface area (Å²) in [5.74, 6) is 0. The van der Waals surface area contributed by atoms with Gasteiger partial charge in [0.25, 0.3) is 0 Å². The summed E-state index contributed by atoms with van der Waals surface area (Å²) in [6.45, 7) is 18.9. The highest BCUT2D eigenvalue weighted by Crippen LogP contribution is 2.39. The molecule has 0 saturated heterocycles. The third kappa shape index (κ3) is 10.0. The van der Waals surface area contributed by atoms with Crippen molar-refractivity contribution < 1.29 is 4.74 Å². The van der Waals surface area contributed by atoms with Crippen molar-refractivity contribution in [1.29, 1.82) is 0 Å². The maximum Gasteiger partial charge on any atom is 0.0630 e. The van der Waals surface area contributed by atoms with Gasteiger partial charge in [-0.15, -0.1) is 0 Å². The minimum Gasteiger partial charge on any atom is -0.374 e. The molecule has 0 aromatic rings. The van der Waals surface area contributed by atoms with Crippen molar-refractivity contribution in [2.24, 2.45) is 10.8 Å². The third-order valence-electron chi connectivity index (χ3n) is 6.00. The summed E-state index contributed by atoms with van der Waals surface area (Å²) in [7, 11) is 0. The first-order valence-electron chi connectivity index (χ1n) is 11.4. The highest BCUT2D eigenvalue weighted by Gasteiger charge is 2.36. The molecule has 0 spiro atoms. The van der Waals surface area contributed by atoms with E-state index in [0.29, 0.717) is 12.2 Å². The fraction of sp³-hybridized carbons (Fsp3) is 1.00. The average molecular weight is 355 g/mol. The van der Waals surface area contributed by atoms with Crippen LogP contribution in [0.2, 0.25) is 0 Å². The van der Waals surface area contributed by atoms with Gasteiger partial charge in [0.1, 0.15) is 0 Å². The third-order valence-corrected chi connectivity index (χ3v) is 6.00. The molecule has 25 heavy (non-hydrogen) atoms. The van der Waals surface area contributed by atoms with Crippen LogP contribution in [0.15, 0.2) is 0 Å². The lowest BCUT2D eigenvalue weighted by Crippen LogP contribution is -2.41. The number of rotatable bonds is 16. The summed E-state index contributed by atoms with van der Waals surface area (Å²) in [6, 6.07) is 0. The summed E-state index contributed by atoms with van der Waals surface area (Å²) in [6.07, 6.45) is 16.2.